The fourth-order valence-electron chi connectivity index (χ4n) is 2.65. The van der Waals surface area contributed by atoms with Gasteiger partial charge in [0.05, 0.1) is 6.61 Å². The normalized spacial score (nSPS) is 31.3. The molecule has 1 aliphatic heterocycles. The minimum absolute atomic E-state index is 0.645. The minimum Gasteiger partial charge on any atom is -0.380 e. The molecular weight excluding hydrogens is 174 g/mol. The molecule has 1 saturated carbocycles. The third-order valence-electron chi connectivity index (χ3n) is 3.49. The summed E-state index contributed by atoms with van der Waals surface area (Å²) in [5.74, 6) is 0. The highest BCUT2D eigenvalue weighted by atomic mass is 16.5. The lowest BCUT2D eigenvalue weighted by atomic mass is 10.0. The topological polar surface area (TPSA) is 21.3 Å². The van der Waals surface area contributed by atoms with Crippen molar-refractivity contribution in [2.75, 3.05) is 13.2 Å². The van der Waals surface area contributed by atoms with Crippen molar-refractivity contribution in [1.29, 1.82) is 0 Å². The Morgan fingerprint density at radius 2 is 1.50 bits per heavy atom. The lowest BCUT2D eigenvalue weighted by Gasteiger charge is -2.28. The predicted molar refractivity (Wildman–Crippen MR) is 58.5 cm³/mol. The highest BCUT2D eigenvalue weighted by Gasteiger charge is 2.18. The Kier molecular flexibility index (Phi) is 4.26. The average Bonchev–Trinajstić information content (AvgIpc) is 2.48. The molecule has 0 aromatic carbocycles. The van der Waals surface area contributed by atoms with Crippen molar-refractivity contribution in [3.8, 4) is 0 Å². The van der Waals surface area contributed by atoms with Crippen LogP contribution in [0.5, 0.6) is 0 Å². The molecule has 0 amide bonds. The van der Waals surface area contributed by atoms with Crippen molar-refractivity contribution in [2.45, 2.75) is 63.5 Å². The van der Waals surface area contributed by atoms with Gasteiger partial charge in [-0.15, -0.1) is 0 Å². The van der Waals surface area contributed by atoms with Gasteiger partial charge in [0.15, 0.2) is 0 Å². The van der Waals surface area contributed by atoms with Gasteiger partial charge in [-0.3, -0.25) is 0 Å². The molecule has 0 bridgehead atoms. The van der Waals surface area contributed by atoms with Gasteiger partial charge in [0.2, 0.25) is 0 Å². The molecular formula is C12H23NO. The van der Waals surface area contributed by atoms with Crippen LogP contribution in [0, 0.1) is 0 Å². The fourth-order valence-corrected chi connectivity index (χ4v) is 2.65. The summed E-state index contributed by atoms with van der Waals surface area (Å²) in [5.41, 5.74) is 0. The lowest BCUT2D eigenvalue weighted by molar-refractivity contribution is 0.0655. The van der Waals surface area contributed by atoms with Gasteiger partial charge in [-0.2, -0.15) is 0 Å². The van der Waals surface area contributed by atoms with Crippen LogP contribution in [0.2, 0.25) is 0 Å². The third-order valence-corrected chi connectivity index (χ3v) is 3.49. The number of rotatable bonds is 2. The maximum absolute atomic E-state index is 5.49. The van der Waals surface area contributed by atoms with E-state index in [-0.39, 0.29) is 0 Å². The summed E-state index contributed by atoms with van der Waals surface area (Å²) >= 11 is 0. The molecule has 1 heterocycles. The molecule has 0 aromatic heterocycles. The van der Waals surface area contributed by atoms with E-state index in [1.807, 2.05) is 0 Å². The van der Waals surface area contributed by atoms with Crippen LogP contribution in [0.25, 0.3) is 0 Å². The molecule has 2 fully saturated rings. The zero-order chi connectivity index (χ0) is 9.64. The highest BCUT2D eigenvalue weighted by Crippen LogP contribution is 2.18. The van der Waals surface area contributed by atoms with E-state index in [1.54, 1.807) is 0 Å². The van der Waals surface area contributed by atoms with Crippen molar-refractivity contribution >= 4 is 0 Å². The van der Waals surface area contributed by atoms with Gasteiger partial charge in [-0.25, -0.2) is 0 Å². The summed E-state index contributed by atoms with van der Waals surface area (Å²) in [4.78, 5) is 0. The largest absolute Gasteiger partial charge is 0.380 e. The molecule has 2 aliphatic rings. The molecule has 2 heteroatoms. The number of nitrogens with one attached hydrogen (secondary N) is 1. The van der Waals surface area contributed by atoms with Crippen LogP contribution in [0.4, 0.5) is 0 Å². The molecule has 1 aliphatic carbocycles. The second-order valence-electron chi connectivity index (χ2n) is 4.77. The van der Waals surface area contributed by atoms with Crippen LogP contribution in [0.1, 0.15) is 51.4 Å². The Bertz CT molecular complexity index is 146. The average molecular weight is 197 g/mol. The van der Waals surface area contributed by atoms with Crippen molar-refractivity contribution in [3.63, 3.8) is 0 Å². The van der Waals surface area contributed by atoms with Crippen molar-refractivity contribution in [3.05, 3.63) is 0 Å². The van der Waals surface area contributed by atoms with Crippen LogP contribution in [0.3, 0.4) is 0 Å². The maximum Gasteiger partial charge on any atom is 0.0619 e. The van der Waals surface area contributed by atoms with E-state index in [0.29, 0.717) is 6.04 Å². The van der Waals surface area contributed by atoms with Crippen LogP contribution in [-0.4, -0.2) is 25.3 Å². The van der Waals surface area contributed by atoms with Crippen LogP contribution in [0.15, 0.2) is 0 Å². The van der Waals surface area contributed by atoms with Gasteiger partial charge >= 0.3 is 0 Å². The Morgan fingerprint density at radius 3 is 2.14 bits per heavy atom. The van der Waals surface area contributed by atoms with Crippen molar-refractivity contribution in [2.24, 2.45) is 0 Å². The molecule has 2 rings (SSSR count). The van der Waals surface area contributed by atoms with Crippen molar-refractivity contribution in [1.82, 2.24) is 5.32 Å². The minimum atomic E-state index is 0.645. The van der Waals surface area contributed by atoms with Crippen LogP contribution in [-0.2, 0) is 4.74 Å². The van der Waals surface area contributed by atoms with E-state index in [1.165, 1.54) is 51.4 Å². The monoisotopic (exact) mass is 197 g/mol. The summed E-state index contributed by atoms with van der Waals surface area (Å²) in [7, 11) is 0. The Labute approximate surface area is 87.4 Å². The van der Waals surface area contributed by atoms with Gasteiger partial charge in [0.25, 0.3) is 0 Å². The van der Waals surface area contributed by atoms with E-state index in [2.05, 4.69) is 5.32 Å². The molecule has 0 spiro atoms. The molecule has 1 N–H and O–H groups in total. The van der Waals surface area contributed by atoms with Gasteiger partial charge in [0.1, 0.15) is 0 Å². The quantitative estimate of drug-likeness (QED) is 0.687. The smallest absolute Gasteiger partial charge is 0.0619 e. The Balaban J connectivity index is 1.71. The molecule has 0 aromatic rings. The van der Waals surface area contributed by atoms with Gasteiger partial charge in [0, 0.05) is 18.7 Å². The van der Waals surface area contributed by atoms with E-state index in [9.17, 15) is 0 Å². The Hall–Kier alpha value is -0.0800. The Morgan fingerprint density at radius 1 is 0.786 bits per heavy atom. The second-order valence-corrected chi connectivity index (χ2v) is 4.77. The van der Waals surface area contributed by atoms with E-state index in [4.69, 9.17) is 4.74 Å². The van der Waals surface area contributed by atoms with Gasteiger partial charge in [-0.1, -0.05) is 25.7 Å². The third kappa shape index (κ3) is 3.25. The van der Waals surface area contributed by atoms with Crippen molar-refractivity contribution < 1.29 is 4.74 Å². The first-order chi connectivity index (χ1) is 6.95. The SMILES string of the molecule is C1CCCC(N[C@H]2CCCOC2)CC1. The van der Waals surface area contributed by atoms with E-state index < -0.39 is 0 Å². The summed E-state index contributed by atoms with van der Waals surface area (Å²) in [5, 5.41) is 3.77. The molecule has 1 atom stereocenters. The molecule has 1 saturated heterocycles. The summed E-state index contributed by atoms with van der Waals surface area (Å²) in [6.07, 6.45) is 11.1. The van der Waals surface area contributed by atoms with Crippen LogP contribution < -0.4 is 5.32 Å². The predicted octanol–water partition coefficient (Wildman–Crippen LogP) is 2.48. The standard InChI is InChI=1S/C12H23NO/c1-2-4-7-11(6-3-1)13-12-8-5-9-14-10-12/h11-13H,1-10H2/t12-/m0/s1. The molecule has 2 nitrogen and oxygen atoms in total. The molecule has 0 unspecified atom stereocenters. The summed E-state index contributed by atoms with van der Waals surface area (Å²) < 4.78 is 5.49. The van der Waals surface area contributed by atoms with E-state index in [0.717, 1.165) is 19.3 Å². The number of hydrogen-bond acceptors (Lipinski definition) is 2. The summed E-state index contributed by atoms with van der Waals surface area (Å²) in [6, 6.07) is 1.43. The first-order valence-corrected chi connectivity index (χ1v) is 6.29. The number of hydrogen-bond donors (Lipinski definition) is 1. The first-order valence-electron chi connectivity index (χ1n) is 6.29. The fraction of sp³-hybridized carbons (Fsp3) is 1.00. The van der Waals surface area contributed by atoms with Crippen LogP contribution >= 0.6 is 0 Å². The van der Waals surface area contributed by atoms with Gasteiger partial charge < -0.3 is 10.1 Å². The van der Waals surface area contributed by atoms with Gasteiger partial charge in [-0.05, 0) is 25.7 Å². The lowest BCUT2D eigenvalue weighted by Crippen LogP contribution is -2.42. The molecule has 0 radical (unpaired) electrons. The maximum atomic E-state index is 5.49. The number of ether oxygens (including phenoxy) is 1. The van der Waals surface area contributed by atoms with E-state index >= 15 is 0 Å². The molecule has 14 heavy (non-hydrogen) atoms. The summed E-state index contributed by atoms with van der Waals surface area (Å²) in [6.45, 7) is 1.92. The highest BCUT2D eigenvalue weighted by molar-refractivity contribution is 4.77. The first kappa shape index (κ1) is 10.4. The molecule has 82 valence electrons. The zero-order valence-electron chi connectivity index (χ0n) is 9.13. The zero-order valence-corrected chi connectivity index (χ0v) is 9.13. The second kappa shape index (κ2) is 5.72.